The van der Waals surface area contributed by atoms with Crippen LogP contribution in [0.25, 0.3) is 22.4 Å². The van der Waals surface area contributed by atoms with E-state index in [0.29, 0.717) is 10.7 Å². The number of imidazole rings is 1. The maximum atomic E-state index is 6.03. The van der Waals surface area contributed by atoms with Crippen LogP contribution in [-0.4, -0.2) is 9.55 Å². The van der Waals surface area contributed by atoms with Crippen LogP contribution in [0, 0.1) is 0 Å². The molecule has 1 heterocycles. The van der Waals surface area contributed by atoms with Crippen molar-refractivity contribution in [2.45, 2.75) is 0 Å². The van der Waals surface area contributed by atoms with E-state index in [1.54, 1.807) is 6.07 Å². The van der Waals surface area contributed by atoms with Crippen LogP contribution >= 0.6 is 27.5 Å². The lowest BCUT2D eigenvalue weighted by Gasteiger charge is -2.06. The predicted molar refractivity (Wildman–Crippen MR) is 83.3 cm³/mol. The molecule has 3 nitrogen and oxygen atoms in total. The Morgan fingerprint density at radius 2 is 2.00 bits per heavy atom. The van der Waals surface area contributed by atoms with Gasteiger partial charge in [-0.1, -0.05) is 27.5 Å². The average Bonchev–Trinajstić information content (AvgIpc) is 2.66. The van der Waals surface area contributed by atoms with Crippen LogP contribution in [-0.2, 0) is 7.05 Å². The van der Waals surface area contributed by atoms with E-state index < -0.39 is 0 Å². The molecule has 0 unspecified atom stereocenters. The number of nitrogens with two attached hydrogens (primary N) is 1. The van der Waals surface area contributed by atoms with Crippen molar-refractivity contribution in [3.8, 4) is 11.4 Å². The van der Waals surface area contributed by atoms with Crippen LogP contribution in [0.15, 0.2) is 40.9 Å². The van der Waals surface area contributed by atoms with Crippen LogP contribution in [0.1, 0.15) is 0 Å². The van der Waals surface area contributed by atoms with E-state index in [2.05, 4.69) is 20.9 Å². The molecule has 0 aliphatic heterocycles. The zero-order valence-corrected chi connectivity index (χ0v) is 12.5. The van der Waals surface area contributed by atoms with Gasteiger partial charge in [0.2, 0.25) is 0 Å². The van der Waals surface area contributed by atoms with Crippen molar-refractivity contribution in [3.05, 3.63) is 45.9 Å². The number of nitrogen functional groups attached to an aromatic ring is 1. The molecule has 0 bridgehead atoms. The number of anilines is 1. The molecule has 0 radical (unpaired) electrons. The fraction of sp³-hybridized carbons (Fsp3) is 0.0714. The molecule has 19 heavy (non-hydrogen) atoms. The van der Waals surface area contributed by atoms with Crippen LogP contribution in [0.3, 0.4) is 0 Å². The average molecular weight is 337 g/mol. The highest BCUT2D eigenvalue weighted by molar-refractivity contribution is 9.10. The molecule has 3 rings (SSSR count). The first-order valence-corrected chi connectivity index (χ1v) is 6.91. The summed E-state index contributed by atoms with van der Waals surface area (Å²) in [6.45, 7) is 0. The third kappa shape index (κ3) is 2.11. The Balaban J connectivity index is 2.27. The van der Waals surface area contributed by atoms with Crippen LogP contribution < -0.4 is 5.73 Å². The summed E-state index contributed by atoms with van der Waals surface area (Å²) in [5.41, 5.74) is 9.54. The number of fused-ring (bicyclic) bond motifs is 1. The molecule has 0 atom stereocenters. The van der Waals surface area contributed by atoms with Gasteiger partial charge in [-0.3, -0.25) is 0 Å². The summed E-state index contributed by atoms with van der Waals surface area (Å²) in [4.78, 5) is 4.64. The second-order valence-electron chi connectivity index (χ2n) is 4.36. The molecule has 0 aliphatic rings. The van der Waals surface area contributed by atoms with Gasteiger partial charge in [-0.15, -0.1) is 0 Å². The Bertz CT molecular complexity index is 780. The Morgan fingerprint density at radius 1 is 1.21 bits per heavy atom. The largest absolute Gasteiger partial charge is 0.398 e. The third-order valence-electron chi connectivity index (χ3n) is 3.10. The molecule has 0 aliphatic carbocycles. The molecule has 1 aromatic heterocycles. The van der Waals surface area contributed by atoms with Gasteiger partial charge in [-0.25, -0.2) is 4.98 Å². The van der Waals surface area contributed by atoms with Gasteiger partial charge in [0.05, 0.1) is 11.0 Å². The van der Waals surface area contributed by atoms with Gasteiger partial charge >= 0.3 is 0 Å². The maximum Gasteiger partial charge on any atom is 0.142 e. The number of benzene rings is 2. The first-order chi connectivity index (χ1) is 9.06. The summed E-state index contributed by atoms with van der Waals surface area (Å²) in [5.74, 6) is 0.835. The number of nitrogens with zero attached hydrogens (tertiary/aromatic N) is 2. The molecule has 5 heteroatoms. The predicted octanol–water partition coefficient (Wildman–Crippen LogP) is 4.24. The topological polar surface area (TPSA) is 43.8 Å². The van der Waals surface area contributed by atoms with Gasteiger partial charge in [0.1, 0.15) is 5.82 Å². The zero-order valence-electron chi connectivity index (χ0n) is 10.2. The lowest BCUT2D eigenvalue weighted by Crippen LogP contribution is -1.96. The molecule has 0 spiro atoms. The summed E-state index contributed by atoms with van der Waals surface area (Å²) in [7, 11) is 1.98. The lowest BCUT2D eigenvalue weighted by molar-refractivity contribution is 0.960. The smallest absolute Gasteiger partial charge is 0.142 e. The molecular weight excluding hydrogens is 326 g/mol. The molecule has 3 aromatic rings. The molecule has 0 saturated carbocycles. The van der Waals surface area contributed by atoms with Crippen molar-refractivity contribution in [1.29, 1.82) is 0 Å². The van der Waals surface area contributed by atoms with Crippen molar-refractivity contribution in [2.75, 3.05) is 5.73 Å². The van der Waals surface area contributed by atoms with Crippen LogP contribution in [0.4, 0.5) is 5.69 Å². The van der Waals surface area contributed by atoms with Crippen LogP contribution in [0.5, 0.6) is 0 Å². The van der Waals surface area contributed by atoms with E-state index >= 15 is 0 Å². The number of hydrogen-bond donors (Lipinski definition) is 1. The highest BCUT2D eigenvalue weighted by Gasteiger charge is 2.12. The van der Waals surface area contributed by atoms with Crippen molar-refractivity contribution < 1.29 is 0 Å². The second-order valence-corrected chi connectivity index (χ2v) is 5.71. The maximum absolute atomic E-state index is 6.03. The molecule has 0 amide bonds. The van der Waals surface area contributed by atoms with Gasteiger partial charge in [-0.05, 0) is 36.4 Å². The van der Waals surface area contributed by atoms with E-state index in [0.717, 1.165) is 26.9 Å². The molecule has 2 N–H and O–H groups in total. The number of hydrogen-bond acceptors (Lipinski definition) is 2. The molecule has 0 saturated heterocycles. The van der Waals surface area contributed by atoms with Crippen molar-refractivity contribution in [1.82, 2.24) is 9.55 Å². The molecular formula is C14H11BrClN3. The van der Waals surface area contributed by atoms with Crippen molar-refractivity contribution in [2.24, 2.45) is 7.05 Å². The van der Waals surface area contributed by atoms with Gasteiger partial charge in [-0.2, -0.15) is 0 Å². The first-order valence-electron chi connectivity index (χ1n) is 5.73. The van der Waals surface area contributed by atoms with Crippen LogP contribution in [0.2, 0.25) is 5.02 Å². The van der Waals surface area contributed by atoms with E-state index in [4.69, 9.17) is 17.3 Å². The Kier molecular flexibility index (Phi) is 2.99. The number of rotatable bonds is 1. The minimum absolute atomic E-state index is 0.628. The van der Waals surface area contributed by atoms with E-state index in [1.165, 1.54) is 0 Å². The summed E-state index contributed by atoms with van der Waals surface area (Å²) >= 11 is 9.39. The Labute approximate surface area is 124 Å². The van der Waals surface area contributed by atoms with Crippen molar-refractivity contribution >= 4 is 44.3 Å². The number of aryl methyl sites for hydroxylation is 1. The summed E-state index contributed by atoms with van der Waals surface area (Å²) in [5, 5.41) is 0.628. The van der Waals surface area contributed by atoms with Gasteiger partial charge < -0.3 is 10.3 Å². The Hall–Kier alpha value is -1.52. The SMILES string of the molecule is Cn1c(-c2ccc(Cl)cc2N)nc2cc(Br)ccc21. The normalized spacial score (nSPS) is 11.1. The van der Waals surface area contributed by atoms with E-state index in [9.17, 15) is 0 Å². The van der Waals surface area contributed by atoms with E-state index in [1.807, 2.05) is 41.9 Å². The minimum Gasteiger partial charge on any atom is -0.398 e. The highest BCUT2D eigenvalue weighted by Crippen LogP contribution is 2.30. The summed E-state index contributed by atoms with van der Waals surface area (Å²) < 4.78 is 3.04. The van der Waals surface area contributed by atoms with Gasteiger partial charge in [0, 0.05) is 27.8 Å². The fourth-order valence-electron chi connectivity index (χ4n) is 2.15. The third-order valence-corrected chi connectivity index (χ3v) is 3.83. The summed E-state index contributed by atoms with van der Waals surface area (Å²) in [6.07, 6.45) is 0. The van der Waals surface area contributed by atoms with E-state index in [-0.39, 0.29) is 0 Å². The second kappa shape index (κ2) is 4.54. The molecule has 96 valence electrons. The van der Waals surface area contributed by atoms with Gasteiger partial charge in [0.25, 0.3) is 0 Å². The minimum atomic E-state index is 0.628. The first kappa shape index (κ1) is 12.5. The monoisotopic (exact) mass is 335 g/mol. The lowest BCUT2D eigenvalue weighted by atomic mass is 10.1. The standard InChI is InChI=1S/C14H11BrClN3/c1-19-13-5-2-8(15)6-12(13)18-14(19)10-4-3-9(16)7-11(10)17/h2-7H,17H2,1H3. The Morgan fingerprint density at radius 3 is 2.74 bits per heavy atom. The highest BCUT2D eigenvalue weighted by atomic mass is 79.9. The number of aromatic nitrogens is 2. The van der Waals surface area contributed by atoms with Crippen molar-refractivity contribution in [3.63, 3.8) is 0 Å². The molecule has 0 fully saturated rings. The molecule has 2 aromatic carbocycles. The fourth-order valence-corrected chi connectivity index (χ4v) is 2.68. The van der Waals surface area contributed by atoms with Gasteiger partial charge in [0.15, 0.2) is 0 Å². The summed E-state index contributed by atoms with van der Waals surface area (Å²) in [6, 6.07) is 11.5. The zero-order chi connectivity index (χ0) is 13.6. The quantitative estimate of drug-likeness (QED) is 0.676. The number of halogens is 2.